The van der Waals surface area contributed by atoms with Gasteiger partial charge in [-0.25, -0.2) is 0 Å². The van der Waals surface area contributed by atoms with Crippen LogP contribution in [-0.2, 0) is 16.0 Å². The highest BCUT2D eigenvalue weighted by Crippen LogP contribution is 2.23. The molecule has 0 N–H and O–H groups in total. The molecule has 2 aromatic rings. The van der Waals surface area contributed by atoms with Crippen molar-refractivity contribution in [3.05, 3.63) is 59.0 Å². The van der Waals surface area contributed by atoms with Crippen LogP contribution in [-0.4, -0.2) is 60.5 Å². The van der Waals surface area contributed by atoms with E-state index < -0.39 is 0 Å². The average Bonchev–Trinajstić information content (AvgIpc) is 3.46. The van der Waals surface area contributed by atoms with Crippen molar-refractivity contribution in [3.8, 4) is 0 Å². The fourth-order valence-corrected chi connectivity index (χ4v) is 5.05. The Labute approximate surface area is 196 Å². The first kappa shape index (κ1) is 23.6. The number of benzene rings is 1. The van der Waals surface area contributed by atoms with Gasteiger partial charge in [0.2, 0.25) is 5.91 Å². The Morgan fingerprint density at radius 2 is 1.85 bits per heavy atom. The van der Waals surface area contributed by atoms with Crippen molar-refractivity contribution in [2.24, 2.45) is 5.92 Å². The molecule has 0 bridgehead atoms. The maximum absolute atomic E-state index is 13.3. The minimum atomic E-state index is -0.0748. The van der Waals surface area contributed by atoms with Gasteiger partial charge in [0, 0.05) is 39.2 Å². The van der Waals surface area contributed by atoms with E-state index in [1.54, 1.807) is 11.0 Å². The maximum Gasteiger partial charge on any atom is 0.257 e. The second kappa shape index (κ2) is 11.0. The van der Waals surface area contributed by atoms with Crippen LogP contribution in [0.3, 0.4) is 0 Å². The summed E-state index contributed by atoms with van der Waals surface area (Å²) in [5, 5.41) is 0. The first-order valence-electron chi connectivity index (χ1n) is 12.3. The van der Waals surface area contributed by atoms with Crippen LogP contribution in [0, 0.1) is 19.8 Å². The summed E-state index contributed by atoms with van der Waals surface area (Å²) in [5.74, 6) is 2.04. The number of hydrogen-bond acceptors (Lipinski definition) is 4. The Morgan fingerprint density at radius 3 is 2.48 bits per heavy atom. The second-order valence-electron chi connectivity index (χ2n) is 9.48. The smallest absolute Gasteiger partial charge is 0.257 e. The van der Waals surface area contributed by atoms with Gasteiger partial charge in [0.1, 0.15) is 11.5 Å². The topological polar surface area (TPSA) is 63.0 Å². The molecule has 33 heavy (non-hydrogen) atoms. The summed E-state index contributed by atoms with van der Waals surface area (Å²) in [4.78, 5) is 30.0. The van der Waals surface area contributed by atoms with Gasteiger partial charge in [0.25, 0.3) is 5.91 Å². The van der Waals surface area contributed by atoms with E-state index in [1.807, 2.05) is 24.8 Å². The predicted molar refractivity (Wildman–Crippen MR) is 127 cm³/mol. The molecule has 0 spiro atoms. The van der Waals surface area contributed by atoms with Gasteiger partial charge in [-0.1, -0.05) is 30.3 Å². The van der Waals surface area contributed by atoms with E-state index in [0.717, 1.165) is 57.6 Å². The number of aryl methyl sites for hydroxylation is 2. The molecular formula is C27H36N2O4. The highest BCUT2D eigenvalue weighted by Gasteiger charge is 2.28. The molecule has 2 amide bonds. The van der Waals surface area contributed by atoms with Crippen LogP contribution in [0.4, 0.5) is 0 Å². The zero-order chi connectivity index (χ0) is 23.2. The number of carbonyl (C=O) groups is 2. The summed E-state index contributed by atoms with van der Waals surface area (Å²) in [5.41, 5.74) is 1.95. The summed E-state index contributed by atoms with van der Waals surface area (Å²) < 4.78 is 11.4. The van der Waals surface area contributed by atoms with Crippen molar-refractivity contribution in [2.75, 3.05) is 32.8 Å². The molecule has 6 heteroatoms. The van der Waals surface area contributed by atoms with Crippen LogP contribution in [0.15, 0.2) is 40.8 Å². The molecule has 6 nitrogen and oxygen atoms in total. The first-order chi connectivity index (χ1) is 16.0. The molecule has 1 aromatic carbocycles. The third-order valence-corrected chi connectivity index (χ3v) is 6.94. The van der Waals surface area contributed by atoms with E-state index in [1.165, 1.54) is 5.56 Å². The Hall–Kier alpha value is -2.60. The highest BCUT2D eigenvalue weighted by atomic mass is 16.5. The number of likely N-dealkylation sites (tertiary alicyclic amines) is 1. The molecule has 178 valence electrons. The number of piperidine rings is 1. The minimum absolute atomic E-state index is 0.0473. The van der Waals surface area contributed by atoms with Gasteiger partial charge in [-0.2, -0.15) is 0 Å². The number of rotatable bonds is 8. The van der Waals surface area contributed by atoms with Gasteiger partial charge >= 0.3 is 0 Å². The number of amides is 2. The third-order valence-electron chi connectivity index (χ3n) is 6.94. The maximum atomic E-state index is 13.3. The van der Waals surface area contributed by atoms with E-state index in [9.17, 15) is 9.59 Å². The summed E-state index contributed by atoms with van der Waals surface area (Å²) in [6.45, 7) is 6.94. The molecule has 2 saturated heterocycles. The summed E-state index contributed by atoms with van der Waals surface area (Å²) in [6.07, 6.45) is 5.52. The van der Waals surface area contributed by atoms with E-state index >= 15 is 0 Å². The third kappa shape index (κ3) is 6.26. The number of furan rings is 1. The first-order valence-corrected chi connectivity index (χ1v) is 12.3. The molecule has 0 saturated carbocycles. The van der Waals surface area contributed by atoms with Crippen LogP contribution in [0.2, 0.25) is 0 Å². The number of ether oxygens (including phenoxy) is 1. The zero-order valence-corrected chi connectivity index (χ0v) is 19.9. The zero-order valence-electron chi connectivity index (χ0n) is 19.9. The lowest BCUT2D eigenvalue weighted by Crippen LogP contribution is -2.43. The molecule has 2 aliphatic heterocycles. The number of hydrogen-bond donors (Lipinski definition) is 0. The van der Waals surface area contributed by atoms with Gasteiger partial charge in [-0.05, 0) is 63.5 Å². The van der Waals surface area contributed by atoms with Crippen molar-refractivity contribution in [1.29, 1.82) is 0 Å². The van der Waals surface area contributed by atoms with E-state index in [-0.39, 0.29) is 17.9 Å². The summed E-state index contributed by atoms with van der Waals surface area (Å²) in [6, 6.07) is 12.4. The van der Waals surface area contributed by atoms with Crippen LogP contribution in [0.25, 0.3) is 0 Å². The lowest BCUT2D eigenvalue weighted by atomic mass is 9.90. The lowest BCUT2D eigenvalue weighted by Gasteiger charge is -2.33. The highest BCUT2D eigenvalue weighted by molar-refractivity contribution is 5.95. The van der Waals surface area contributed by atoms with Gasteiger partial charge in [0.15, 0.2) is 0 Å². The van der Waals surface area contributed by atoms with Gasteiger partial charge in [0.05, 0.1) is 11.7 Å². The molecular weight excluding hydrogens is 416 g/mol. The molecule has 4 rings (SSSR count). The van der Waals surface area contributed by atoms with Crippen LogP contribution in [0.1, 0.15) is 59.5 Å². The van der Waals surface area contributed by atoms with E-state index in [0.29, 0.717) is 36.8 Å². The second-order valence-corrected chi connectivity index (χ2v) is 9.48. The van der Waals surface area contributed by atoms with Crippen molar-refractivity contribution in [2.45, 2.75) is 58.5 Å². The fourth-order valence-electron chi connectivity index (χ4n) is 5.05. The largest absolute Gasteiger partial charge is 0.466 e. The van der Waals surface area contributed by atoms with Crippen molar-refractivity contribution >= 4 is 11.8 Å². The van der Waals surface area contributed by atoms with Crippen molar-refractivity contribution in [3.63, 3.8) is 0 Å². The normalized spacial score (nSPS) is 19.1. The molecule has 0 aliphatic carbocycles. The molecule has 1 aromatic heterocycles. The van der Waals surface area contributed by atoms with Crippen LogP contribution in [0.5, 0.6) is 0 Å². The molecule has 2 fully saturated rings. The average molecular weight is 453 g/mol. The van der Waals surface area contributed by atoms with Crippen LogP contribution >= 0.6 is 0 Å². The van der Waals surface area contributed by atoms with Crippen molar-refractivity contribution < 1.29 is 18.7 Å². The molecule has 3 heterocycles. The van der Waals surface area contributed by atoms with Crippen LogP contribution < -0.4 is 0 Å². The lowest BCUT2D eigenvalue weighted by molar-refractivity contribution is -0.132. The van der Waals surface area contributed by atoms with E-state index in [4.69, 9.17) is 9.15 Å². The quantitative estimate of drug-likeness (QED) is 0.596. The van der Waals surface area contributed by atoms with Crippen molar-refractivity contribution in [1.82, 2.24) is 9.80 Å². The number of nitrogens with zero attached hydrogens (tertiary/aromatic N) is 2. The standard InChI is InChI=1S/C27H36N2O4/c1-20-17-25(21(2)33-20)27(31)29(19-24-9-6-16-32-24)15-12-26(30)28-13-10-23(11-14-28)18-22-7-4-3-5-8-22/h3-5,7-8,17,23-24H,6,9-16,18-19H2,1-2H3. The monoisotopic (exact) mass is 452 g/mol. The Morgan fingerprint density at radius 1 is 1.09 bits per heavy atom. The molecule has 0 radical (unpaired) electrons. The predicted octanol–water partition coefficient (Wildman–Crippen LogP) is 4.39. The van der Waals surface area contributed by atoms with Gasteiger partial charge in [-0.3, -0.25) is 9.59 Å². The van der Waals surface area contributed by atoms with Gasteiger partial charge < -0.3 is 19.0 Å². The number of carbonyl (C=O) groups excluding carboxylic acids is 2. The van der Waals surface area contributed by atoms with E-state index in [2.05, 4.69) is 24.3 Å². The Kier molecular flexibility index (Phi) is 7.86. The SMILES string of the molecule is Cc1cc(C(=O)N(CCC(=O)N2CCC(Cc3ccccc3)CC2)CC2CCCO2)c(C)o1. The Bertz CT molecular complexity index is 925. The summed E-state index contributed by atoms with van der Waals surface area (Å²) in [7, 11) is 0. The molecule has 1 unspecified atom stereocenters. The van der Waals surface area contributed by atoms with Gasteiger partial charge in [-0.15, -0.1) is 0 Å². The fraction of sp³-hybridized carbons (Fsp3) is 0.556. The summed E-state index contributed by atoms with van der Waals surface area (Å²) >= 11 is 0. The Balaban J connectivity index is 1.31. The molecule has 1 atom stereocenters. The molecule has 2 aliphatic rings. The minimum Gasteiger partial charge on any atom is -0.466 e.